The summed E-state index contributed by atoms with van der Waals surface area (Å²) in [4.78, 5) is 10.9. The number of piperazine rings is 1. The zero-order chi connectivity index (χ0) is 12.1. The van der Waals surface area contributed by atoms with Gasteiger partial charge >= 0.3 is 0 Å². The molecule has 0 bridgehead atoms. The van der Waals surface area contributed by atoms with Crippen LogP contribution < -0.4 is 14.8 Å². The summed E-state index contributed by atoms with van der Waals surface area (Å²) in [6.45, 7) is 4.79. The second kappa shape index (κ2) is 5.79. The van der Waals surface area contributed by atoms with Crippen molar-refractivity contribution in [3.05, 3.63) is 11.9 Å². The van der Waals surface area contributed by atoms with Crippen LogP contribution in [-0.4, -0.2) is 55.3 Å². The number of ether oxygens (including phenoxy) is 2. The van der Waals surface area contributed by atoms with E-state index in [-0.39, 0.29) is 0 Å². The Hall–Kier alpha value is -1.40. The Morgan fingerprint density at radius 3 is 2.29 bits per heavy atom. The van der Waals surface area contributed by atoms with Crippen molar-refractivity contribution in [3.8, 4) is 11.8 Å². The first-order valence-corrected chi connectivity index (χ1v) is 5.71. The minimum Gasteiger partial charge on any atom is -0.481 e. The first-order chi connectivity index (χ1) is 8.31. The van der Waals surface area contributed by atoms with Gasteiger partial charge in [-0.05, 0) is 0 Å². The number of methoxy groups -OCH3 is 2. The van der Waals surface area contributed by atoms with Gasteiger partial charge in [0.25, 0.3) is 0 Å². The van der Waals surface area contributed by atoms with Crippen molar-refractivity contribution >= 4 is 0 Å². The maximum atomic E-state index is 5.12. The molecule has 1 N–H and O–H groups in total. The molecule has 0 radical (unpaired) electrons. The number of hydrogen-bond acceptors (Lipinski definition) is 6. The lowest BCUT2D eigenvalue weighted by Crippen LogP contribution is -2.43. The summed E-state index contributed by atoms with van der Waals surface area (Å²) in [5, 5.41) is 3.31. The smallest absolute Gasteiger partial charge is 0.220 e. The van der Waals surface area contributed by atoms with Crippen LogP contribution >= 0.6 is 0 Å². The summed E-state index contributed by atoms with van der Waals surface area (Å²) in [7, 11) is 3.19. The minimum absolute atomic E-state index is 0.544. The summed E-state index contributed by atoms with van der Waals surface area (Å²) in [6, 6.07) is 1.68. The Morgan fingerprint density at radius 2 is 1.76 bits per heavy atom. The van der Waals surface area contributed by atoms with E-state index in [9.17, 15) is 0 Å². The van der Waals surface area contributed by atoms with Gasteiger partial charge in [-0.15, -0.1) is 0 Å². The van der Waals surface area contributed by atoms with E-state index in [0.717, 1.165) is 38.5 Å². The van der Waals surface area contributed by atoms with E-state index in [2.05, 4.69) is 20.2 Å². The largest absolute Gasteiger partial charge is 0.481 e. The number of aromatic nitrogens is 2. The molecule has 0 amide bonds. The summed E-state index contributed by atoms with van der Waals surface area (Å²) < 4.78 is 10.2. The van der Waals surface area contributed by atoms with Crippen molar-refractivity contribution in [2.75, 3.05) is 40.4 Å². The fourth-order valence-corrected chi connectivity index (χ4v) is 1.80. The standard InChI is InChI=1S/C11H18N4O2/c1-16-10-7-11(17-2)14-9(13-10)8-15-5-3-12-4-6-15/h7,12H,3-6,8H2,1-2H3. The molecule has 17 heavy (non-hydrogen) atoms. The van der Waals surface area contributed by atoms with Gasteiger partial charge in [0.2, 0.25) is 11.8 Å². The Balaban J connectivity index is 2.07. The summed E-state index contributed by atoms with van der Waals surface area (Å²) in [5.41, 5.74) is 0. The third kappa shape index (κ3) is 3.28. The maximum Gasteiger partial charge on any atom is 0.220 e. The molecule has 1 saturated heterocycles. The molecule has 1 fully saturated rings. The molecule has 6 nitrogen and oxygen atoms in total. The van der Waals surface area contributed by atoms with Crippen LogP contribution in [0.25, 0.3) is 0 Å². The van der Waals surface area contributed by atoms with Crippen molar-refractivity contribution in [1.29, 1.82) is 0 Å². The lowest BCUT2D eigenvalue weighted by Gasteiger charge is -2.26. The van der Waals surface area contributed by atoms with Crippen molar-refractivity contribution in [2.45, 2.75) is 6.54 Å². The van der Waals surface area contributed by atoms with E-state index in [1.165, 1.54) is 0 Å². The second-order valence-electron chi connectivity index (χ2n) is 3.90. The molecule has 1 aromatic heterocycles. The molecule has 94 valence electrons. The Kier molecular flexibility index (Phi) is 4.11. The van der Waals surface area contributed by atoms with Gasteiger partial charge in [-0.25, -0.2) is 0 Å². The molecular weight excluding hydrogens is 220 g/mol. The lowest BCUT2D eigenvalue weighted by molar-refractivity contribution is 0.225. The molecule has 0 saturated carbocycles. The van der Waals surface area contributed by atoms with Gasteiger partial charge in [0.1, 0.15) is 5.82 Å². The van der Waals surface area contributed by atoms with E-state index in [1.807, 2.05) is 0 Å². The molecule has 0 aliphatic carbocycles. The zero-order valence-electron chi connectivity index (χ0n) is 10.3. The number of nitrogens with zero attached hydrogens (tertiary/aromatic N) is 3. The van der Waals surface area contributed by atoms with E-state index in [0.29, 0.717) is 11.8 Å². The number of rotatable bonds is 4. The van der Waals surface area contributed by atoms with Gasteiger partial charge < -0.3 is 14.8 Å². The topological polar surface area (TPSA) is 59.5 Å². The molecule has 0 aromatic carbocycles. The molecule has 1 aliphatic heterocycles. The third-order valence-corrected chi connectivity index (χ3v) is 2.72. The summed E-state index contributed by atoms with van der Waals surface area (Å²) >= 11 is 0. The fourth-order valence-electron chi connectivity index (χ4n) is 1.80. The second-order valence-corrected chi connectivity index (χ2v) is 3.90. The van der Waals surface area contributed by atoms with Gasteiger partial charge in [0, 0.05) is 26.2 Å². The molecule has 2 rings (SSSR count). The predicted molar refractivity (Wildman–Crippen MR) is 63.3 cm³/mol. The third-order valence-electron chi connectivity index (χ3n) is 2.72. The molecule has 6 heteroatoms. The molecule has 0 atom stereocenters. The van der Waals surface area contributed by atoms with Gasteiger partial charge in [-0.2, -0.15) is 9.97 Å². The van der Waals surface area contributed by atoms with Crippen LogP contribution in [0.2, 0.25) is 0 Å². The van der Waals surface area contributed by atoms with Crippen molar-refractivity contribution in [1.82, 2.24) is 20.2 Å². The quantitative estimate of drug-likeness (QED) is 0.790. The van der Waals surface area contributed by atoms with Crippen LogP contribution in [0.4, 0.5) is 0 Å². The van der Waals surface area contributed by atoms with Gasteiger partial charge in [0.05, 0.1) is 26.8 Å². The molecular formula is C11H18N4O2. The van der Waals surface area contributed by atoms with Crippen LogP contribution in [0, 0.1) is 0 Å². The average Bonchev–Trinajstić information content (AvgIpc) is 2.39. The van der Waals surface area contributed by atoms with Gasteiger partial charge in [0.15, 0.2) is 0 Å². The Labute approximate surface area is 101 Å². The molecule has 1 aliphatic rings. The van der Waals surface area contributed by atoms with E-state index >= 15 is 0 Å². The van der Waals surface area contributed by atoms with Crippen molar-refractivity contribution in [2.24, 2.45) is 0 Å². The zero-order valence-corrected chi connectivity index (χ0v) is 10.3. The van der Waals surface area contributed by atoms with Crippen LogP contribution in [0.1, 0.15) is 5.82 Å². The SMILES string of the molecule is COc1cc(OC)nc(CN2CCNCC2)n1. The van der Waals surface area contributed by atoms with E-state index in [1.54, 1.807) is 20.3 Å². The monoisotopic (exact) mass is 238 g/mol. The Bertz CT molecular complexity index is 344. The summed E-state index contributed by atoms with van der Waals surface area (Å²) in [5.74, 6) is 1.83. The first kappa shape index (κ1) is 12.1. The average molecular weight is 238 g/mol. The van der Waals surface area contributed by atoms with Gasteiger partial charge in [-0.1, -0.05) is 0 Å². The molecule has 0 spiro atoms. The van der Waals surface area contributed by atoms with E-state index < -0.39 is 0 Å². The van der Waals surface area contributed by atoms with Crippen LogP contribution in [-0.2, 0) is 6.54 Å². The highest BCUT2D eigenvalue weighted by Crippen LogP contribution is 2.15. The highest BCUT2D eigenvalue weighted by Gasteiger charge is 2.13. The Morgan fingerprint density at radius 1 is 1.18 bits per heavy atom. The number of nitrogens with one attached hydrogen (secondary N) is 1. The first-order valence-electron chi connectivity index (χ1n) is 5.71. The molecule has 1 aromatic rings. The predicted octanol–water partition coefficient (Wildman–Crippen LogP) is -0.101. The van der Waals surface area contributed by atoms with Crippen LogP contribution in [0.15, 0.2) is 6.07 Å². The lowest BCUT2D eigenvalue weighted by atomic mass is 10.3. The maximum absolute atomic E-state index is 5.12. The van der Waals surface area contributed by atoms with E-state index in [4.69, 9.17) is 9.47 Å². The van der Waals surface area contributed by atoms with Crippen LogP contribution in [0.3, 0.4) is 0 Å². The van der Waals surface area contributed by atoms with Crippen LogP contribution in [0.5, 0.6) is 11.8 Å². The minimum atomic E-state index is 0.544. The van der Waals surface area contributed by atoms with Crippen molar-refractivity contribution in [3.63, 3.8) is 0 Å². The van der Waals surface area contributed by atoms with Gasteiger partial charge in [-0.3, -0.25) is 4.90 Å². The highest BCUT2D eigenvalue weighted by atomic mass is 16.5. The number of hydrogen-bond donors (Lipinski definition) is 1. The fraction of sp³-hybridized carbons (Fsp3) is 0.636. The van der Waals surface area contributed by atoms with Crippen molar-refractivity contribution < 1.29 is 9.47 Å². The molecule has 2 heterocycles. The highest BCUT2D eigenvalue weighted by molar-refractivity contribution is 5.20. The summed E-state index contributed by atoms with van der Waals surface area (Å²) in [6.07, 6.45) is 0. The normalized spacial score (nSPS) is 16.8. The molecule has 0 unspecified atom stereocenters.